The quantitative estimate of drug-likeness (QED) is 0.712. The molecule has 0 unspecified atom stereocenters. The summed E-state index contributed by atoms with van der Waals surface area (Å²) in [5.41, 5.74) is 0.324. The van der Waals surface area contributed by atoms with Crippen molar-refractivity contribution in [2.45, 2.75) is 25.9 Å². The monoisotopic (exact) mass is 322 g/mol. The first kappa shape index (κ1) is 17.1. The van der Waals surface area contributed by atoms with Gasteiger partial charge < -0.3 is 4.74 Å². The molecular formula is C18H17F3O2. The molecule has 0 bridgehead atoms. The zero-order chi connectivity index (χ0) is 17.2. The highest BCUT2D eigenvalue weighted by Crippen LogP contribution is 2.41. The van der Waals surface area contributed by atoms with Crippen molar-refractivity contribution in [1.29, 1.82) is 0 Å². The van der Waals surface area contributed by atoms with Crippen LogP contribution in [0.4, 0.5) is 13.2 Å². The van der Waals surface area contributed by atoms with E-state index >= 15 is 0 Å². The number of ether oxygens (including phenoxy) is 1. The molecule has 0 N–H and O–H groups in total. The number of carbonyl (C=O) groups is 1. The molecule has 0 saturated carbocycles. The van der Waals surface area contributed by atoms with E-state index in [1.165, 1.54) is 13.2 Å². The van der Waals surface area contributed by atoms with Crippen LogP contribution in [0.1, 0.15) is 41.3 Å². The van der Waals surface area contributed by atoms with Crippen molar-refractivity contribution < 1.29 is 22.7 Å². The zero-order valence-corrected chi connectivity index (χ0v) is 13.1. The molecule has 0 radical (unpaired) electrons. The Morgan fingerprint density at radius 2 is 1.70 bits per heavy atom. The van der Waals surface area contributed by atoms with Crippen LogP contribution < -0.4 is 4.74 Å². The number of hydrogen-bond acceptors (Lipinski definition) is 2. The first-order chi connectivity index (χ1) is 10.8. The number of carbonyl (C=O) groups excluding carboxylic acids is 1. The average Bonchev–Trinajstić information content (AvgIpc) is 2.52. The fourth-order valence-corrected chi connectivity index (χ4v) is 2.73. The van der Waals surface area contributed by atoms with Gasteiger partial charge in [-0.2, -0.15) is 13.2 Å². The summed E-state index contributed by atoms with van der Waals surface area (Å²) in [5, 5.41) is 0. The van der Waals surface area contributed by atoms with Gasteiger partial charge >= 0.3 is 6.18 Å². The van der Waals surface area contributed by atoms with Crippen LogP contribution in [0.3, 0.4) is 0 Å². The first-order valence-electron chi connectivity index (χ1n) is 7.14. The number of benzene rings is 2. The molecule has 2 nitrogen and oxygen atoms in total. The Morgan fingerprint density at radius 1 is 1.04 bits per heavy atom. The minimum atomic E-state index is -4.50. The van der Waals surface area contributed by atoms with Gasteiger partial charge in [-0.3, -0.25) is 4.79 Å². The summed E-state index contributed by atoms with van der Waals surface area (Å²) in [7, 11) is 1.48. The van der Waals surface area contributed by atoms with Crippen LogP contribution in [0.15, 0.2) is 36.4 Å². The van der Waals surface area contributed by atoms with E-state index < -0.39 is 17.7 Å². The van der Waals surface area contributed by atoms with Crippen molar-refractivity contribution >= 4 is 6.29 Å². The van der Waals surface area contributed by atoms with E-state index in [0.717, 1.165) is 6.07 Å². The van der Waals surface area contributed by atoms with Crippen LogP contribution in [-0.2, 0) is 6.18 Å². The minimum Gasteiger partial charge on any atom is -0.496 e. The molecule has 0 amide bonds. The summed E-state index contributed by atoms with van der Waals surface area (Å²) >= 11 is 0. The number of aldehydes is 1. The summed E-state index contributed by atoms with van der Waals surface area (Å²) in [6, 6.07) is 9.30. The number of hydrogen-bond donors (Lipinski definition) is 0. The van der Waals surface area contributed by atoms with Crippen molar-refractivity contribution in [2.24, 2.45) is 0 Å². The number of alkyl halides is 3. The Bertz CT molecular complexity index is 719. The Morgan fingerprint density at radius 3 is 2.22 bits per heavy atom. The molecule has 5 heteroatoms. The van der Waals surface area contributed by atoms with Crippen LogP contribution in [0.5, 0.6) is 5.75 Å². The van der Waals surface area contributed by atoms with Crippen molar-refractivity contribution in [1.82, 2.24) is 0 Å². The van der Waals surface area contributed by atoms with E-state index in [1.54, 1.807) is 38.1 Å². The van der Waals surface area contributed by atoms with E-state index in [-0.39, 0.29) is 11.1 Å². The van der Waals surface area contributed by atoms with E-state index in [2.05, 4.69) is 0 Å². The second-order valence-electron chi connectivity index (χ2n) is 5.46. The molecule has 0 spiro atoms. The number of para-hydroxylation sites is 1. The molecule has 0 aliphatic rings. The summed E-state index contributed by atoms with van der Waals surface area (Å²) in [5.74, 6) is 0.0616. The maximum absolute atomic E-state index is 13.3. The van der Waals surface area contributed by atoms with Crippen molar-refractivity contribution in [3.63, 3.8) is 0 Å². The summed E-state index contributed by atoms with van der Waals surface area (Å²) in [4.78, 5) is 11.6. The van der Waals surface area contributed by atoms with Gasteiger partial charge in [-0.15, -0.1) is 0 Å². The molecule has 122 valence electrons. The molecule has 0 atom stereocenters. The maximum Gasteiger partial charge on any atom is 0.416 e. The second kappa shape index (κ2) is 6.44. The maximum atomic E-state index is 13.3. The molecule has 2 rings (SSSR count). The number of halogens is 3. The first-order valence-corrected chi connectivity index (χ1v) is 7.14. The largest absolute Gasteiger partial charge is 0.496 e. The molecule has 23 heavy (non-hydrogen) atoms. The lowest BCUT2D eigenvalue weighted by Crippen LogP contribution is -2.13. The molecule has 0 aromatic heterocycles. The van der Waals surface area contributed by atoms with Crippen molar-refractivity contribution in [3.8, 4) is 16.9 Å². The van der Waals surface area contributed by atoms with E-state index in [9.17, 15) is 18.0 Å². The van der Waals surface area contributed by atoms with Gasteiger partial charge in [0, 0.05) is 11.1 Å². The molecule has 2 aromatic carbocycles. The highest BCUT2D eigenvalue weighted by molar-refractivity contribution is 5.92. The fraction of sp³-hybridized carbons (Fsp3) is 0.278. The average molecular weight is 322 g/mol. The van der Waals surface area contributed by atoms with Crippen LogP contribution >= 0.6 is 0 Å². The van der Waals surface area contributed by atoms with Crippen LogP contribution in [-0.4, -0.2) is 13.4 Å². The van der Waals surface area contributed by atoms with Gasteiger partial charge in [0.15, 0.2) is 6.29 Å². The number of methoxy groups -OCH3 is 1. The Balaban J connectivity index is 2.82. The molecule has 0 fully saturated rings. The third-order valence-corrected chi connectivity index (χ3v) is 3.68. The van der Waals surface area contributed by atoms with Gasteiger partial charge in [-0.25, -0.2) is 0 Å². The standard InChI is InChI=1S/C18H17F3O2/c1-11(2)17-14(10-22)12(8-9-15(17)18(19,20)21)13-6-4-5-7-16(13)23-3/h4-11H,1-3H3. The normalized spacial score (nSPS) is 11.6. The molecule has 0 saturated heterocycles. The van der Waals surface area contributed by atoms with Crippen LogP contribution in [0, 0.1) is 0 Å². The van der Waals surface area contributed by atoms with Gasteiger partial charge in [0.25, 0.3) is 0 Å². The summed E-state index contributed by atoms with van der Waals surface area (Å²) in [6.07, 6.45) is -4.01. The zero-order valence-electron chi connectivity index (χ0n) is 13.1. The Kier molecular flexibility index (Phi) is 4.78. The molecular weight excluding hydrogens is 305 g/mol. The van der Waals surface area contributed by atoms with Crippen molar-refractivity contribution in [3.05, 3.63) is 53.1 Å². The SMILES string of the molecule is COc1ccccc1-c1ccc(C(F)(F)F)c(C(C)C)c1C=O. The third-order valence-electron chi connectivity index (χ3n) is 3.68. The highest BCUT2D eigenvalue weighted by Gasteiger charge is 2.36. The lowest BCUT2D eigenvalue weighted by Gasteiger charge is -2.21. The predicted molar refractivity (Wildman–Crippen MR) is 82.9 cm³/mol. The number of rotatable bonds is 4. The lowest BCUT2D eigenvalue weighted by atomic mass is 9.86. The minimum absolute atomic E-state index is 0.0101. The molecule has 0 heterocycles. The lowest BCUT2D eigenvalue weighted by molar-refractivity contribution is -0.138. The molecule has 2 aromatic rings. The Hall–Kier alpha value is -2.30. The van der Waals surface area contributed by atoms with Crippen molar-refractivity contribution in [2.75, 3.05) is 7.11 Å². The predicted octanol–water partition coefficient (Wildman–Crippen LogP) is 5.32. The van der Waals surface area contributed by atoms with E-state index in [4.69, 9.17) is 4.74 Å². The smallest absolute Gasteiger partial charge is 0.416 e. The Labute approximate surface area is 132 Å². The van der Waals surface area contributed by atoms with E-state index in [1.807, 2.05) is 0 Å². The second-order valence-corrected chi connectivity index (χ2v) is 5.46. The van der Waals surface area contributed by atoms with Gasteiger partial charge in [0.2, 0.25) is 0 Å². The van der Waals surface area contributed by atoms with Gasteiger partial charge in [-0.05, 0) is 29.2 Å². The summed E-state index contributed by atoms with van der Waals surface area (Å²) < 4.78 is 45.1. The van der Waals surface area contributed by atoms with Crippen LogP contribution in [0.25, 0.3) is 11.1 Å². The molecule has 0 aliphatic heterocycles. The fourth-order valence-electron chi connectivity index (χ4n) is 2.73. The van der Waals surface area contributed by atoms with Gasteiger partial charge in [-0.1, -0.05) is 38.1 Å². The van der Waals surface area contributed by atoms with Gasteiger partial charge in [0.05, 0.1) is 12.7 Å². The van der Waals surface area contributed by atoms with Crippen LogP contribution in [0.2, 0.25) is 0 Å². The third kappa shape index (κ3) is 3.23. The summed E-state index contributed by atoms with van der Waals surface area (Å²) in [6.45, 7) is 3.28. The van der Waals surface area contributed by atoms with Gasteiger partial charge in [0.1, 0.15) is 5.75 Å². The topological polar surface area (TPSA) is 26.3 Å². The molecule has 0 aliphatic carbocycles. The van der Waals surface area contributed by atoms with E-state index in [0.29, 0.717) is 23.2 Å². The highest BCUT2D eigenvalue weighted by atomic mass is 19.4.